The minimum Gasteiger partial charge on any atom is -0.258 e. The molecule has 0 aliphatic rings. The second kappa shape index (κ2) is 7.55. The fourth-order valence-electron chi connectivity index (χ4n) is 2.38. The molecule has 128 valence electrons. The van der Waals surface area contributed by atoms with Gasteiger partial charge >= 0.3 is 0 Å². The molecule has 0 aromatic heterocycles. The smallest absolute Gasteiger partial charge is 0.258 e. The van der Waals surface area contributed by atoms with Gasteiger partial charge in [-0.25, -0.2) is 13.1 Å². The Morgan fingerprint density at radius 2 is 1.67 bits per heavy atom. The van der Waals surface area contributed by atoms with E-state index in [2.05, 4.69) is 11.6 Å². The molecule has 0 aliphatic carbocycles. The fraction of sp³-hybridized carbons (Fsp3) is 0.294. The Morgan fingerprint density at radius 1 is 1.08 bits per heavy atom. The number of non-ortho nitro benzene ring substituents is 1. The molecule has 2 rings (SSSR count). The number of nitro groups is 1. The van der Waals surface area contributed by atoms with Gasteiger partial charge in [-0.3, -0.25) is 10.1 Å². The maximum absolute atomic E-state index is 12.4. The highest BCUT2D eigenvalue weighted by Crippen LogP contribution is 2.20. The highest BCUT2D eigenvalue weighted by atomic mass is 32.2. The summed E-state index contributed by atoms with van der Waals surface area (Å²) in [4.78, 5) is 10.1. The molecule has 7 heteroatoms. The number of hydrogen-bond donors (Lipinski definition) is 1. The Balaban J connectivity index is 2.14. The first-order chi connectivity index (χ1) is 11.3. The first-order valence-corrected chi connectivity index (χ1v) is 9.17. The molecule has 0 saturated heterocycles. The number of nitro benzene ring substituents is 1. The maximum atomic E-state index is 12.4. The van der Waals surface area contributed by atoms with Crippen LogP contribution in [0.1, 0.15) is 37.4 Å². The summed E-state index contributed by atoms with van der Waals surface area (Å²) in [7, 11) is -3.74. The lowest BCUT2D eigenvalue weighted by Crippen LogP contribution is -2.26. The van der Waals surface area contributed by atoms with Gasteiger partial charge in [-0.2, -0.15) is 0 Å². The number of nitrogens with one attached hydrogen (secondary N) is 1. The number of aryl methyl sites for hydroxylation is 1. The third-order valence-corrected chi connectivity index (χ3v) is 5.26. The van der Waals surface area contributed by atoms with Gasteiger partial charge in [-0.15, -0.1) is 0 Å². The summed E-state index contributed by atoms with van der Waals surface area (Å²) in [5.41, 5.74) is 1.93. The molecule has 2 aromatic rings. The van der Waals surface area contributed by atoms with Gasteiger partial charge in [0.2, 0.25) is 10.0 Å². The van der Waals surface area contributed by atoms with Crippen LogP contribution in [0.25, 0.3) is 0 Å². The van der Waals surface area contributed by atoms with Crippen molar-refractivity contribution in [3.8, 4) is 0 Å². The molecule has 1 unspecified atom stereocenters. The van der Waals surface area contributed by atoms with E-state index in [4.69, 9.17) is 0 Å². The lowest BCUT2D eigenvalue weighted by atomic mass is 10.0. The Labute approximate surface area is 141 Å². The Hall–Kier alpha value is -2.25. The van der Waals surface area contributed by atoms with Crippen LogP contribution in [0.2, 0.25) is 0 Å². The largest absolute Gasteiger partial charge is 0.269 e. The van der Waals surface area contributed by atoms with Crippen molar-refractivity contribution in [1.29, 1.82) is 0 Å². The van der Waals surface area contributed by atoms with E-state index in [1.807, 2.05) is 24.3 Å². The van der Waals surface area contributed by atoms with E-state index in [-0.39, 0.29) is 10.6 Å². The van der Waals surface area contributed by atoms with Crippen LogP contribution in [0, 0.1) is 10.1 Å². The van der Waals surface area contributed by atoms with Crippen LogP contribution in [-0.2, 0) is 16.4 Å². The van der Waals surface area contributed by atoms with Gasteiger partial charge in [0.15, 0.2) is 0 Å². The van der Waals surface area contributed by atoms with E-state index < -0.39 is 21.0 Å². The molecule has 0 amide bonds. The van der Waals surface area contributed by atoms with Gasteiger partial charge < -0.3 is 0 Å². The summed E-state index contributed by atoms with van der Waals surface area (Å²) >= 11 is 0. The predicted octanol–water partition coefficient (Wildman–Crippen LogP) is 3.59. The van der Waals surface area contributed by atoms with E-state index in [0.29, 0.717) is 0 Å². The molecular weight excluding hydrogens is 328 g/mol. The minimum atomic E-state index is -3.74. The van der Waals surface area contributed by atoms with E-state index in [1.54, 1.807) is 6.92 Å². The molecule has 2 aromatic carbocycles. The first-order valence-electron chi connectivity index (χ1n) is 7.69. The van der Waals surface area contributed by atoms with Crippen molar-refractivity contribution in [2.75, 3.05) is 0 Å². The molecule has 0 bridgehead atoms. The van der Waals surface area contributed by atoms with Crippen molar-refractivity contribution in [3.05, 3.63) is 69.8 Å². The van der Waals surface area contributed by atoms with Crippen molar-refractivity contribution in [1.82, 2.24) is 4.72 Å². The molecule has 1 atom stereocenters. The average molecular weight is 348 g/mol. The third-order valence-electron chi connectivity index (χ3n) is 3.71. The zero-order chi connectivity index (χ0) is 17.7. The topological polar surface area (TPSA) is 89.3 Å². The van der Waals surface area contributed by atoms with E-state index in [1.165, 1.54) is 29.8 Å². The second-order valence-electron chi connectivity index (χ2n) is 5.59. The Morgan fingerprint density at radius 3 is 2.17 bits per heavy atom. The second-order valence-corrected chi connectivity index (χ2v) is 7.30. The normalized spacial score (nSPS) is 12.8. The molecule has 6 nitrogen and oxygen atoms in total. The summed E-state index contributed by atoms with van der Waals surface area (Å²) in [5, 5.41) is 10.6. The van der Waals surface area contributed by atoms with Gasteiger partial charge in [0.05, 0.1) is 9.82 Å². The van der Waals surface area contributed by atoms with E-state index in [0.717, 1.165) is 18.4 Å². The van der Waals surface area contributed by atoms with Crippen molar-refractivity contribution in [3.63, 3.8) is 0 Å². The molecule has 0 fully saturated rings. The highest BCUT2D eigenvalue weighted by Gasteiger charge is 2.19. The van der Waals surface area contributed by atoms with Crippen molar-refractivity contribution < 1.29 is 13.3 Å². The van der Waals surface area contributed by atoms with Gasteiger partial charge in [-0.05, 0) is 36.6 Å². The molecule has 0 radical (unpaired) electrons. The number of benzene rings is 2. The Bertz CT molecular complexity index is 799. The number of rotatable bonds is 7. The fourth-order valence-corrected chi connectivity index (χ4v) is 3.61. The number of sulfonamides is 1. The molecule has 0 aliphatic heterocycles. The van der Waals surface area contributed by atoms with Gasteiger partial charge in [0.25, 0.3) is 5.69 Å². The third kappa shape index (κ3) is 4.39. The van der Waals surface area contributed by atoms with Crippen LogP contribution in [0.5, 0.6) is 0 Å². The van der Waals surface area contributed by atoms with Crippen LogP contribution in [-0.4, -0.2) is 13.3 Å². The lowest BCUT2D eigenvalue weighted by molar-refractivity contribution is -0.384. The molecular formula is C17H20N2O4S. The maximum Gasteiger partial charge on any atom is 0.269 e. The number of hydrogen-bond acceptors (Lipinski definition) is 4. The van der Waals surface area contributed by atoms with Crippen molar-refractivity contribution >= 4 is 15.7 Å². The van der Waals surface area contributed by atoms with Crippen LogP contribution in [0.15, 0.2) is 53.4 Å². The quantitative estimate of drug-likeness (QED) is 0.611. The number of nitrogens with zero attached hydrogens (tertiary/aromatic N) is 1. The van der Waals surface area contributed by atoms with Crippen LogP contribution < -0.4 is 4.72 Å². The Kier molecular flexibility index (Phi) is 5.69. The summed E-state index contributed by atoms with van der Waals surface area (Å²) in [6, 6.07) is 12.2. The van der Waals surface area contributed by atoms with Gasteiger partial charge in [-0.1, -0.05) is 37.6 Å². The standard InChI is InChI=1S/C17H20N2O4S/c1-3-4-14-5-7-15(8-6-14)13(2)18-24(22,23)17-11-9-16(10-12-17)19(20)21/h5-13,18H,3-4H2,1-2H3. The summed E-state index contributed by atoms with van der Waals surface area (Å²) < 4.78 is 27.4. The monoisotopic (exact) mass is 348 g/mol. The van der Waals surface area contributed by atoms with Crippen LogP contribution in [0.3, 0.4) is 0 Å². The first kappa shape index (κ1) is 18.1. The van der Waals surface area contributed by atoms with Crippen molar-refractivity contribution in [2.24, 2.45) is 0 Å². The summed E-state index contributed by atoms with van der Waals surface area (Å²) in [6.45, 7) is 3.87. The highest BCUT2D eigenvalue weighted by molar-refractivity contribution is 7.89. The minimum absolute atomic E-state index is 0.00236. The summed E-state index contributed by atoms with van der Waals surface area (Å²) in [6.07, 6.45) is 2.05. The zero-order valence-corrected chi connectivity index (χ0v) is 14.4. The average Bonchev–Trinajstić information content (AvgIpc) is 2.55. The zero-order valence-electron chi connectivity index (χ0n) is 13.6. The molecule has 1 N–H and O–H groups in total. The van der Waals surface area contributed by atoms with Gasteiger partial charge in [0.1, 0.15) is 0 Å². The molecule has 0 saturated carbocycles. The van der Waals surface area contributed by atoms with Crippen LogP contribution >= 0.6 is 0 Å². The summed E-state index contributed by atoms with van der Waals surface area (Å²) in [5.74, 6) is 0. The van der Waals surface area contributed by atoms with Gasteiger partial charge in [0, 0.05) is 18.2 Å². The molecule has 0 spiro atoms. The molecule has 24 heavy (non-hydrogen) atoms. The predicted molar refractivity (Wildman–Crippen MR) is 92.3 cm³/mol. The van der Waals surface area contributed by atoms with Crippen LogP contribution in [0.4, 0.5) is 5.69 Å². The molecule has 0 heterocycles. The van der Waals surface area contributed by atoms with E-state index in [9.17, 15) is 18.5 Å². The SMILES string of the molecule is CCCc1ccc(C(C)NS(=O)(=O)c2ccc([N+](=O)[O-])cc2)cc1. The van der Waals surface area contributed by atoms with Crippen molar-refractivity contribution in [2.45, 2.75) is 37.6 Å². The lowest BCUT2D eigenvalue weighted by Gasteiger charge is -2.15. The van der Waals surface area contributed by atoms with E-state index >= 15 is 0 Å².